The minimum atomic E-state index is -1.06. The van der Waals surface area contributed by atoms with Crippen molar-refractivity contribution in [1.82, 2.24) is 15.3 Å². The molecule has 1 aromatic carbocycles. The fourth-order valence-electron chi connectivity index (χ4n) is 2.97. The van der Waals surface area contributed by atoms with Gasteiger partial charge in [-0.2, -0.15) is 0 Å². The van der Waals surface area contributed by atoms with Gasteiger partial charge in [0.25, 0.3) is 11.8 Å². The first-order chi connectivity index (χ1) is 14.5. The maximum atomic E-state index is 12.9. The van der Waals surface area contributed by atoms with Crippen molar-refractivity contribution in [2.24, 2.45) is 5.73 Å². The van der Waals surface area contributed by atoms with Crippen LogP contribution in [0.15, 0.2) is 54.0 Å². The fraction of sp³-hybridized carbons (Fsp3) is 0.227. The summed E-state index contributed by atoms with van der Waals surface area (Å²) >= 11 is 1.38. The van der Waals surface area contributed by atoms with Crippen LogP contribution in [0.4, 0.5) is 0 Å². The van der Waals surface area contributed by atoms with E-state index in [2.05, 4.69) is 15.3 Å². The lowest BCUT2D eigenvalue weighted by molar-refractivity contribution is -0.137. The first kappa shape index (κ1) is 21.3. The van der Waals surface area contributed by atoms with Crippen molar-refractivity contribution in [2.75, 3.05) is 0 Å². The molecule has 0 aliphatic rings. The van der Waals surface area contributed by atoms with Gasteiger partial charge in [0.2, 0.25) is 5.78 Å². The molecule has 2 heterocycles. The monoisotopic (exact) mass is 422 g/mol. The molecule has 30 heavy (non-hydrogen) atoms. The number of hydrogen-bond donors (Lipinski definition) is 2. The minimum absolute atomic E-state index is 0.283. The Morgan fingerprint density at radius 3 is 2.60 bits per heavy atom. The molecule has 0 radical (unpaired) electrons. The van der Waals surface area contributed by atoms with E-state index >= 15 is 0 Å². The minimum Gasteiger partial charge on any atom is -0.363 e. The lowest BCUT2D eigenvalue weighted by Crippen LogP contribution is -2.46. The predicted molar refractivity (Wildman–Crippen MR) is 116 cm³/mol. The number of carbonyl (C=O) groups excluding carboxylic acids is 3. The average molecular weight is 423 g/mol. The molecule has 2 amide bonds. The number of unbranched alkanes of at least 4 members (excludes halogenated alkanes) is 1. The number of rotatable bonds is 9. The first-order valence-electron chi connectivity index (χ1n) is 9.62. The molecule has 0 aliphatic heterocycles. The summed E-state index contributed by atoms with van der Waals surface area (Å²) in [5, 5.41) is 5.14. The van der Waals surface area contributed by atoms with Crippen molar-refractivity contribution >= 4 is 28.9 Å². The van der Waals surface area contributed by atoms with Crippen LogP contribution >= 0.6 is 11.3 Å². The Labute approximate surface area is 178 Å². The Hall–Kier alpha value is -3.39. The van der Waals surface area contributed by atoms with Crippen LogP contribution in [-0.4, -0.2) is 33.6 Å². The van der Waals surface area contributed by atoms with Gasteiger partial charge in [-0.15, -0.1) is 11.3 Å². The summed E-state index contributed by atoms with van der Waals surface area (Å²) in [7, 11) is 0. The number of aromatic nitrogens is 2. The Bertz CT molecular complexity index is 1050. The largest absolute Gasteiger partial charge is 0.363 e. The highest BCUT2D eigenvalue weighted by Crippen LogP contribution is 2.29. The van der Waals surface area contributed by atoms with Crippen LogP contribution in [-0.2, 0) is 9.59 Å². The van der Waals surface area contributed by atoms with Gasteiger partial charge in [-0.3, -0.25) is 19.4 Å². The lowest BCUT2D eigenvalue weighted by Gasteiger charge is -2.16. The van der Waals surface area contributed by atoms with Gasteiger partial charge in [-0.25, -0.2) is 4.98 Å². The zero-order valence-electron chi connectivity index (χ0n) is 16.5. The number of benzene rings is 1. The normalized spacial score (nSPS) is 11.6. The van der Waals surface area contributed by atoms with Crippen LogP contribution in [0.25, 0.3) is 22.0 Å². The third-order valence-electron chi connectivity index (χ3n) is 4.54. The molecule has 3 N–H and O–H groups in total. The quantitative estimate of drug-likeness (QED) is 0.514. The van der Waals surface area contributed by atoms with Crippen LogP contribution in [0, 0.1) is 0 Å². The predicted octanol–water partition coefficient (Wildman–Crippen LogP) is 3.22. The zero-order valence-corrected chi connectivity index (χ0v) is 17.3. The number of nitrogens with one attached hydrogen (secondary N) is 1. The van der Waals surface area contributed by atoms with Crippen LogP contribution in [0.3, 0.4) is 0 Å². The van der Waals surface area contributed by atoms with E-state index in [0.29, 0.717) is 23.5 Å². The SMILES string of the molecule is CCCCC(NC(=O)c1cccnc1-c1nc(-c2ccccc2)cs1)C(=O)C(N)=O. The summed E-state index contributed by atoms with van der Waals surface area (Å²) in [4.78, 5) is 45.4. The molecular formula is C22H22N4O3S. The van der Waals surface area contributed by atoms with Crippen LogP contribution in [0.2, 0.25) is 0 Å². The van der Waals surface area contributed by atoms with Crippen molar-refractivity contribution in [1.29, 1.82) is 0 Å². The van der Waals surface area contributed by atoms with Crippen molar-refractivity contribution in [3.63, 3.8) is 0 Å². The number of hydrogen-bond acceptors (Lipinski definition) is 6. The van der Waals surface area contributed by atoms with Crippen molar-refractivity contribution < 1.29 is 14.4 Å². The number of nitrogens with zero attached hydrogens (tertiary/aromatic N) is 2. The molecule has 2 aromatic heterocycles. The fourth-order valence-corrected chi connectivity index (χ4v) is 3.81. The number of nitrogens with two attached hydrogens (primary N) is 1. The first-order valence-corrected chi connectivity index (χ1v) is 10.5. The van der Waals surface area contributed by atoms with Gasteiger partial charge in [0, 0.05) is 17.1 Å². The van der Waals surface area contributed by atoms with Gasteiger partial charge in [-0.05, 0) is 18.6 Å². The number of pyridine rings is 1. The molecule has 7 nitrogen and oxygen atoms in total. The second-order valence-electron chi connectivity index (χ2n) is 6.70. The van der Waals surface area contributed by atoms with Gasteiger partial charge >= 0.3 is 0 Å². The number of amides is 2. The topological polar surface area (TPSA) is 115 Å². The molecule has 154 valence electrons. The van der Waals surface area contributed by atoms with Crippen LogP contribution in [0.5, 0.6) is 0 Å². The van der Waals surface area contributed by atoms with E-state index in [0.717, 1.165) is 17.7 Å². The highest BCUT2D eigenvalue weighted by atomic mass is 32.1. The van der Waals surface area contributed by atoms with Gasteiger partial charge in [0.15, 0.2) is 0 Å². The summed E-state index contributed by atoms with van der Waals surface area (Å²) in [6.45, 7) is 1.96. The molecule has 1 unspecified atom stereocenters. The van der Waals surface area contributed by atoms with E-state index in [1.54, 1.807) is 18.3 Å². The molecule has 0 aliphatic carbocycles. The lowest BCUT2D eigenvalue weighted by atomic mass is 10.0. The number of Topliss-reactive ketones (excluding diaryl/α,β-unsaturated/α-hetero) is 1. The molecule has 0 bridgehead atoms. The summed E-state index contributed by atoms with van der Waals surface area (Å²) in [5.41, 5.74) is 7.60. The van der Waals surface area contributed by atoms with Gasteiger partial charge < -0.3 is 11.1 Å². The van der Waals surface area contributed by atoms with E-state index in [-0.39, 0.29) is 5.56 Å². The Morgan fingerprint density at radius 1 is 1.13 bits per heavy atom. The second kappa shape index (κ2) is 9.89. The summed E-state index contributed by atoms with van der Waals surface area (Å²) in [6.07, 6.45) is 3.42. The van der Waals surface area contributed by atoms with Crippen molar-refractivity contribution in [2.45, 2.75) is 32.2 Å². The molecule has 1 atom stereocenters. The maximum Gasteiger partial charge on any atom is 0.287 e. The molecule has 3 aromatic rings. The highest BCUT2D eigenvalue weighted by Gasteiger charge is 2.26. The van der Waals surface area contributed by atoms with E-state index in [4.69, 9.17) is 5.73 Å². The average Bonchev–Trinajstić information content (AvgIpc) is 3.26. The van der Waals surface area contributed by atoms with Gasteiger partial charge in [0.05, 0.1) is 17.3 Å². The van der Waals surface area contributed by atoms with E-state index in [1.165, 1.54) is 11.3 Å². The van der Waals surface area contributed by atoms with Gasteiger partial charge in [0.1, 0.15) is 10.7 Å². The second-order valence-corrected chi connectivity index (χ2v) is 7.56. The number of thiazole rings is 1. The molecule has 0 saturated heterocycles. The molecule has 0 spiro atoms. The van der Waals surface area contributed by atoms with Crippen LogP contribution in [0.1, 0.15) is 36.5 Å². The number of carbonyl (C=O) groups is 3. The summed E-state index contributed by atoms with van der Waals surface area (Å²) in [5.74, 6) is -2.36. The molecule has 8 heteroatoms. The Morgan fingerprint density at radius 2 is 1.90 bits per heavy atom. The smallest absolute Gasteiger partial charge is 0.287 e. The van der Waals surface area contributed by atoms with E-state index in [1.807, 2.05) is 42.6 Å². The Kier molecular flexibility index (Phi) is 7.03. The molecule has 0 saturated carbocycles. The Balaban J connectivity index is 1.87. The van der Waals surface area contributed by atoms with E-state index in [9.17, 15) is 14.4 Å². The highest BCUT2D eigenvalue weighted by molar-refractivity contribution is 7.13. The molecule has 0 fully saturated rings. The number of primary amides is 1. The molecule has 3 rings (SSSR count). The summed E-state index contributed by atoms with van der Waals surface area (Å²) < 4.78 is 0. The van der Waals surface area contributed by atoms with Crippen molar-refractivity contribution in [3.8, 4) is 22.0 Å². The third kappa shape index (κ3) is 4.96. The maximum absolute atomic E-state index is 12.9. The van der Waals surface area contributed by atoms with Gasteiger partial charge in [-0.1, -0.05) is 50.1 Å². The van der Waals surface area contributed by atoms with Crippen LogP contribution < -0.4 is 11.1 Å². The molecular weight excluding hydrogens is 400 g/mol. The third-order valence-corrected chi connectivity index (χ3v) is 5.39. The standard InChI is InChI=1S/C22H22N4O3S/c1-2-3-11-16(19(27)20(23)28)25-21(29)15-10-7-12-24-18(15)22-26-17(13-30-22)14-8-5-4-6-9-14/h4-10,12-13,16H,2-3,11H2,1H3,(H2,23,28)(H,25,29). The summed E-state index contributed by atoms with van der Waals surface area (Å²) in [6, 6.07) is 12.0. The van der Waals surface area contributed by atoms with Crippen molar-refractivity contribution in [3.05, 3.63) is 59.6 Å². The number of ketones is 1. The zero-order chi connectivity index (χ0) is 21.5. The van der Waals surface area contributed by atoms with E-state index < -0.39 is 23.6 Å².